The Morgan fingerprint density at radius 2 is 2.06 bits per heavy atom. The summed E-state index contributed by atoms with van der Waals surface area (Å²) >= 11 is 0. The van der Waals surface area contributed by atoms with Gasteiger partial charge in [0.15, 0.2) is 5.75 Å². The average molecular weight is 423 g/mol. The van der Waals surface area contributed by atoms with E-state index in [0.717, 1.165) is 41.4 Å². The molecular formula is C23H25N3O5. The lowest BCUT2D eigenvalue weighted by Gasteiger charge is -2.26. The Morgan fingerprint density at radius 3 is 2.77 bits per heavy atom. The van der Waals surface area contributed by atoms with Crippen molar-refractivity contribution in [1.29, 1.82) is 0 Å². The third-order valence-electron chi connectivity index (χ3n) is 6.62. The first-order chi connectivity index (χ1) is 14.9. The quantitative estimate of drug-likeness (QED) is 0.478. The Hall–Kier alpha value is -3.26. The molecule has 4 N–H and O–H groups in total. The highest BCUT2D eigenvalue weighted by atomic mass is 16.7. The topological polar surface area (TPSA) is 117 Å². The number of H-pyrrole nitrogens is 1. The van der Waals surface area contributed by atoms with Gasteiger partial charge in [-0.25, -0.2) is 4.79 Å². The molecule has 8 heteroatoms. The normalized spacial score (nSPS) is 15.8. The lowest BCUT2D eigenvalue weighted by atomic mass is 9.93. The number of aromatic amines is 1. The highest BCUT2D eigenvalue weighted by Gasteiger charge is 2.25. The molecule has 2 aliphatic carbocycles. The van der Waals surface area contributed by atoms with Gasteiger partial charge in [-0.15, -0.1) is 0 Å². The standard InChI is InChI=1S/C23H25N3O5/c1-26-15(11-24-14-5-3-6-14)8-13-9-17-12(10-18(13)26)4-2-7-16-19(17)25-22(28)21(20(16)27)31-23(29)30/h8-10,14,24H,2-7,11H2,1H3,(H,29,30)(H2,25,27,28). The third kappa shape index (κ3) is 3.37. The number of benzene rings is 1. The summed E-state index contributed by atoms with van der Waals surface area (Å²) in [4.78, 5) is 26.1. The lowest BCUT2D eigenvalue weighted by molar-refractivity contribution is 0.142. The maximum Gasteiger partial charge on any atom is 0.511 e. The number of ether oxygens (including phenoxy) is 1. The van der Waals surface area contributed by atoms with Crippen LogP contribution < -0.4 is 15.6 Å². The van der Waals surface area contributed by atoms with Crippen LogP contribution in [0.25, 0.3) is 22.2 Å². The van der Waals surface area contributed by atoms with Crippen LogP contribution in [-0.4, -0.2) is 32.0 Å². The number of carbonyl (C=O) groups is 1. The molecule has 2 aromatic heterocycles. The van der Waals surface area contributed by atoms with Crippen LogP contribution in [0.3, 0.4) is 0 Å². The second-order valence-electron chi connectivity index (χ2n) is 8.48. The fourth-order valence-electron chi connectivity index (χ4n) is 4.68. The summed E-state index contributed by atoms with van der Waals surface area (Å²) in [5, 5.41) is 24.2. The minimum Gasteiger partial charge on any atom is -0.504 e. The van der Waals surface area contributed by atoms with Gasteiger partial charge in [-0.05, 0) is 55.9 Å². The highest BCUT2D eigenvalue weighted by molar-refractivity contribution is 5.89. The van der Waals surface area contributed by atoms with E-state index in [4.69, 9.17) is 5.11 Å². The first-order valence-corrected chi connectivity index (χ1v) is 10.7. The lowest BCUT2D eigenvalue weighted by Crippen LogP contribution is -2.34. The molecule has 0 atom stereocenters. The van der Waals surface area contributed by atoms with E-state index in [0.29, 0.717) is 23.7 Å². The van der Waals surface area contributed by atoms with Crippen molar-refractivity contribution in [2.75, 3.05) is 0 Å². The Labute approximate surface area is 178 Å². The number of aromatic nitrogens is 2. The number of pyridine rings is 1. The number of carboxylic acid groups (broad SMARTS) is 1. The average Bonchev–Trinajstić information content (AvgIpc) is 2.88. The van der Waals surface area contributed by atoms with Crippen molar-refractivity contribution in [3.63, 3.8) is 0 Å². The largest absolute Gasteiger partial charge is 0.511 e. The van der Waals surface area contributed by atoms with E-state index in [9.17, 15) is 14.7 Å². The smallest absolute Gasteiger partial charge is 0.504 e. The van der Waals surface area contributed by atoms with Gasteiger partial charge in [-0.2, -0.15) is 0 Å². The Kier molecular flexibility index (Phi) is 4.74. The molecule has 3 aromatic rings. The number of nitrogens with zero attached hydrogens (tertiary/aromatic N) is 1. The SMILES string of the molecule is Cn1c(CNC2CCC2)cc2cc3c(cc21)CCCc1c-3[nH]c(=O)c(OC(=O)O)c1O. The Morgan fingerprint density at radius 1 is 1.26 bits per heavy atom. The summed E-state index contributed by atoms with van der Waals surface area (Å²) in [6.07, 6.45) is 4.19. The van der Waals surface area contributed by atoms with Gasteiger partial charge < -0.3 is 29.8 Å². The molecule has 162 valence electrons. The van der Waals surface area contributed by atoms with Crippen molar-refractivity contribution in [2.45, 2.75) is 51.1 Å². The second kappa shape index (κ2) is 7.46. The Balaban J connectivity index is 1.60. The van der Waals surface area contributed by atoms with Crippen LogP contribution in [-0.2, 0) is 26.4 Å². The fraction of sp³-hybridized carbons (Fsp3) is 0.391. The molecule has 1 saturated carbocycles. The fourth-order valence-corrected chi connectivity index (χ4v) is 4.68. The van der Waals surface area contributed by atoms with Crippen LogP contribution in [0.1, 0.15) is 42.5 Å². The molecule has 1 fully saturated rings. The number of aromatic hydroxyl groups is 1. The van der Waals surface area contributed by atoms with Gasteiger partial charge in [0.1, 0.15) is 0 Å². The van der Waals surface area contributed by atoms with E-state index in [1.54, 1.807) is 0 Å². The molecule has 0 radical (unpaired) electrons. The van der Waals surface area contributed by atoms with Crippen LogP contribution in [0.2, 0.25) is 0 Å². The minimum absolute atomic E-state index is 0.396. The zero-order chi connectivity index (χ0) is 21.7. The van der Waals surface area contributed by atoms with Crippen molar-refractivity contribution in [3.8, 4) is 22.8 Å². The molecule has 0 aliphatic heterocycles. The molecule has 0 bridgehead atoms. The van der Waals surface area contributed by atoms with Crippen LogP contribution in [0.4, 0.5) is 4.79 Å². The number of hydrogen-bond acceptors (Lipinski definition) is 5. The zero-order valence-electron chi connectivity index (χ0n) is 17.3. The van der Waals surface area contributed by atoms with Gasteiger partial charge >= 0.3 is 6.16 Å². The Bertz CT molecular complexity index is 1250. The summed E-state index contributed by atoms with van der Waals surface area (Å²) in [6.45, 7) is 0.810. The predicted octanol–water partition coefficient (Wildman–Crippen LogP) is 3.43. The van der Waals surface area contributed by atoms with Gasteiger partial charge in [-0.3, -0.25) is 4.79 Å². The van der Waals surface area contributed by atoms with Gasteiger partial charge in [0.05, 0.1) is 5.69 Å². The monoisotopic (exact) mass is 423 g/mol. The van der Waals surface area contributed by atoms with E-state index < -0.39 is 23.2 Å². The molecule has 0 amide bonds. The first-order valence-electron chi connectivity index (χ1n) is 10.7. The van der Waals surface area contributed by atoms with Crippen molar-refractivity contribution < 1.29 is 19.7 Å². The highest BCUT2D eigenvalue weighted by Crippen LogP contribution is 2.40. The molecule has 0 spiro atoms. The third-order valence-corrected chi connectivity index (χ3v) is 6.62. The molecular weight excluding hydrogens is 398 g/mol. The van der Waals surface area contributed by atoms with E-state index in [1.165, 1.54) is 25.0 Å². The number of rotatable bonds is 4. The van der Waals surface area contributed by atoms with Gasteiger partial charge in [0.25, 0.3) is 5.56 Å². The molecule has 1 aromatic carbocycles. The van der Waals surface area contributed by atoms with Crippen molar-refractivity contribution in [3.05, 3.63) is 45.4 Å². The summed E-state index contributed by atoms with van der Waals surface area (Å²) in [7, 11) is 2.07. The summed E-state index contributed by atoms with van der Waals surface area (Å²) in [5.74, 6) is -0.965. The maximum absolute atomic E-state index is 12.5. The second-order valence-corrected chi connectivity index (χ2v) is 8.48. The van der Waals surface area contributed by atoms with Crippen molar-refractivity contribution >= 4 is 17.1 Å². The molecule has 0 unspecified atom stereocenters. The van der Waals surface area contributed by atoms with Gasteiger partial charge in [0, 0.05) is 47.4 Å². The maximum atomic E-state index is 12.5. The van der Waals surface area contributed by atoms with Crippen molar-refractivity contribution in [2.24, 2.45) is 7.05 Å². The molecule has 2 heterocycles. The zero-order valence-corrected chi connectivity index (χ0v) is 17.3. The summed E-state index contributed by atoms with van der Waals surface area (Å²) in [6, 6.07) is 6.97. The minimum atomic E-state index is -1.64. The van der Waals surface area contributed by atoms with Gasteiger partial charge in [0.2, 0.25) is 5.75 Å². The predicted molar refractivity (Wildman–Crippen MR) is 116 cm³/mol. The number of nitrogens with one attached hydrogen (secondary N) is 2. The molecule has 5 rings (SSSR count). The first kappa shape index (κ1) is 19.7. The molecule has 8 nitrogen and oxygen atoms in total. The summed E-state index contributed by atoms with van der Waals surface area (Å²) in [5.41, 5.74) is 4.56. The van der Waals surface area contributed by atoms with E-state index in [1.807, 2.05) is 0 Å². The number of fused-ring (bicyclic) bond motifs is 4. The molecule has 0 saturated heterocycles. The van der Waals surface area contributed by atoms with E-state index in [2.05, 4.69) is 44.9 Å². The van der Waals surface area contributed by atoms with Crippen LogP contribution in [0.5, 0.6) is 11.5 Å². The van der Waals surface area contributed by atoms with E-state index >= 15 is 0 Å². The van der Waals surface area contributed by atoms with Crippen LogP contribution >= 0.6 is 0 Å². The van der Waals surface area contributed by atoms with Gasteiger partial charge in [-0.1, -0.05) is 6.42 Å². The van der Waals surface area contributed by atoms with Crippen LogP contribution in [0.15, 0.2) is 23.0 Å². The number of aryl methyl sites for hydroxylation is 2. The van der Waals surface area contributed by atoms with Crippen molar-refractivity contribution in [1.82, 2.24) is 14.9 Å². The number of hydrogen-bond donors (Lipinski definition) is 4. The van der Waals surface area contributed by atoms with E-state index in [-0.39, 0.29) is 0 Å². The van der Waals surface area contributed by atoms with Crippen LogP contribution in [0, 0.1) is 0 Å². The molecule has 2 aliphatic rings. The molecule has 31 heavy (non-hydrogen) atoms. The summed E-state index contributed by atoms with van der Waals surface area (Å²) < 4.78 is 6.74.